The zero-order valence-electron chi connectivity index (χ0n) is 12.3. The van der Waals surface area contributed by atoms with Crippen LogP contribution in [0.4, 0.5) is 10.5 Å². The van der Waals surface area contributed by atoms with Crippen LogP contribution in [-0.2, 0) is 9.53 Å². The van der Waals surface area contributed by atoms with Crippen molar-refractivity contribution in [3.05, 3.63) is 29.8 Å². The minimum atomic E-state index is -0.915. The van der Waals surface area contributed by atoms with Crippen LogP contribution in [-0.4, -0.2) is 54.9 Å². The van der Waals surface area contributed by atoms with Crippen LogP contribution >= 0.6 is 0 Å². The van der Waals surface area contributed by atoms with E-state index in [1.54, 1.807) is 16.8 Å². The maximum atomic E-state index is 12.5. The van der Waals surface area contributed by atoms with Crippen molar-refractivity contribution in [1.82, 2.24) is 4.90 Å². The minimum Gasteiger partial charge on any atom is -0.481 e. The highest BCUT2D eigenvalue weighted by Gasteiger charge is 2.28. The highest BCUT2D eigenvalue weighted by molar-refractivity contribution is 5.92. The van der Waals surface area contributed by atoms with Crippen LogP contribution in [0.2, 0.25) is 0 Å². The standard InChI is InChI=1S/C15H20N2O4/c1-11-5-3-4-6-13(11)16(2)15(20)17-7-8-21-12(10-17)9-14(18)19/h3-6,12H,7-10H2,1-2H3,(H,18,19). The maximum absolute atomic E-state index is 12.5. The Bertz CT molecular complexity index is 532. The van der Waals surface area contributed by atoms with Gasteiger partial charge in [0, 0.05) is 25.8 Å². The van der Waals surface area contributed by atoms with Gasteiger partial charge in [0.05, 0.1) is 19.1 Å². The number of nitrogens with zero attached hydrogens (tertiary/aromatic N) is 2. The topological polar surface area (TPSA) is 70.1 Å². The average Bonchev–Trinajstić information content (AvgIpc) is 2.46. The normalized spacial score (nSPS) is 18.4. The smallest absolute Gasteiger partial charge is 0.324 e. The fraction of sp³-hybridized carbons (Fsp3) is 0.467. The summed E-state index contributed by atoms with van der Waals surface area (Å²) in [6.45, 7) is 3.10. The van der Waals surface area contributed by atoms with E-state index in [9.17, 15) is 9.59 Å². The first-order valence-electron chi connectivity index (χ1n) is 6.90. The number of amides is 2. The Morgan fingerprint density at radius 1 is 1.43 bits per heavy atom. The zero-order valence-corrected chi connectivity index (χ0v) is 12.3. The molecule has 1 fully saturated rings. The van der Waals surface area contributed by atoms with Crippen molar-refractivity contribution in [3.8, 4) is 0 Å². The van der Waals surface area contributed by atoms with E-state index < -0.39 is 12.1 Å². The third-order valence-electron chi connectivity index (χ3n) is 3.58. The molecule has 0 aromatic heterocycles. The van der Waals surface area contributed by atoms with Gasteiger partial charge in [-0.15, -0.1) is 0 Å². The van der Waals surface area contributed by atoms with Crippen molar-refractivity contribution in [2.75, 3.05) is 31.6 Å². The summed E-state index contributed by atoms with van der Waals surface area (Å²) in [5.74, 6) is -0.915. The number of urea groups is 1. The molecular formula is C15H20N2O4. The van der Waals surface area contributed by atoms with Crippen molar-refractivity contribution in [1.29, 1.82) is 0 Å². The summed E-state index contributed by atoms with van der Waals surface area (Å²) in [6.07, 6.45) is -0.525. The van der Waals surface area contributed by atoms with Gasteiger partial charge in [0.25, 0.3) is 0 Å². The lowest BCUT2D eigenvalue weighted by Gasteiger charge is -2.35. The summed E-state index contributed by atoms with van der Waals surface area (Å²) in [5.41, 5.74) is 1.87. The fourth-order valence-corrected chi connectivity index (χ4v) is 2.47. The van der Waals surface area contributed by atoms with Gasteiger partial charge in [0.2, 0.25) is 0 Å². The summed E-state index contributed by atoms with van der Waals surface area (Å²) in [4.78, 5) is 26.5. The number of carbonyl (C=O) groups excluding carboxylic acids is 1. The van der Waals surface area contributed by atoms with E-state index >= 15 is 0 Å². The van der Waals surface area contributed by atoms with Crippen molar-refractivity contribution in [2.45, 2.75) is 19.4 Å². The number of carboxylic acids is 1. The molecule has 0 aliphatic carbocycles. The van der Waals surface area contributed by atoms with Gasteiger partial charge >= 0.3 is 12.0 Å². The average molecular weight is 292 g/mol. The van der Waals surface area contributed by atoms with Crippen LogP contribution in [0.15, 0.2) is 24.3 Å². The lowest BCUT2D eigenvalue weighted by atomic mass is 10.2. The fourth-order valence-electron chi connectivity index (χ4n) is 2.47. The van der Waals surface area contributed by atoms with Gasteiger partial charge in [-0.3, -0.25) is 9.69 Å². The van der Waals surface area contributed by atoms with E-state index in [4.69, 9.17) is 9.84 Å². The zero-order chi connectivity index (χ0) is 15.4. The Morgan fingerprint density at radius 3 is 2.81 bits per heavy atom. The highest BCUT2D eigenvalue weighted by Crippen LogP contribution is 2.20. The maximum Gasteiger partial charge on any atom is 0.324 e. The van der Waals surface area contributed by atoms with E-state index in [2.05, 4.69) is 0 Å². The predicted octanol–water partition coefficient (Wildman–Crippen LogP) is 1.73. The number of carbonyl (C=O) groups is 2. The Kier molecular flexibility index (Phi) is 4.80. The third-order valence-corrected chi connectivity index (χ3v) is 3.58. The molecule has 1 atom stereocenters. The first kappa shape index (κ1) is 15.3. The molecule has 2 amide bonds. The molecule has 1 saturated heterocycles. The van der Waals surface area contributed by atoms with Crippen molar-refractivity contribution < 1.29 is 19.4 Å². The molecule has 0 spiro atoms. The minimum absolute atomic E-state index is 0.0855. The highest BCUT2D eigenvalue weighted by atomic mass is 16.5. The second-order valence-corrected chi connectivity index (χ2v) is 5.16. The molecule has 21 heavy (non-hydrogen) atoms. The molecule has 1 aromatic rings. The largest absolute Gasteiger partial charge is 0.481 e. The van der Waals surface area contributed by atoms with Crippen LogP contribution in [0.3, 0.4) is 0 Å². The van der Waals surface area contributed by atoms with Gasteiger partial charge in [-0.2, -0.15) is 0 Å². The number of ether oxygens (including phenoxy) is 1. The second-order valence-electron chi connectivity index (χ2n) is 5.16. The molecule has 0 bridgehead atoms. The Morgan fingerprint density at radius 2 is 2.14 bits per heavy atom. The number of benzene rings is 1. The van der Waals surface area contributed by atoms with E-state index in [0.717, 1.165) is 11.3 Å². The van der Waals surface area contributed by atoms with Crippen molar-refractivity contribution in [2.24, 2.45) is 0 Å². The molecule has 114 valence electrons. The molecule has 1 heterocycles. The molecule has 1 unspecified atom stereocenters. The molecular weight excluding hydrogens is 272 g/mol. The van der Waals surface area contributed by atoms with Crippen LogP contribution in [0.5, 0.6) is 0 Å². The van der Waals surface area contributed by atoms with Crippen molar-refractivity contribution in [3.63, 3.8) is 0 Å². The Hall–Kier alpha value is -2.08. The molecule has 0 radical (unpaired) electrons. The van der Waals surface area contributed by atoms with Crippen molar-refractivity contribution >= 4 is 17.7 Å². The summed E-state index contributed by atoms with van der Waals surface area (Å²) >= 11 is 0. The first-order chi connectivity index (χ1) is 9.99. The Balaban J connectivity index is 2.05. The number of morpholine rings is 1. The lowest BCUT2D eigenvalue weighted by Crippen LogP contribution is -2.50. The molecule has 0 saturated carbocycles. The van der Waals surface area contributed by atoms with E-state index in [1.807, 2.05) is 31.2 Å². The molecule has 1 aliphatic rings. The number of aliphatic carboxylic acids is 1. The number of para-hydroxylation sites is 1. The van der Waals surface area contributed by atoms with E-state index in [-0.39, 0.29) is 12.5 Å². The molecule has 6 nitrogen and oxygen atoms in total. The van der Waals surface area contributed by atoms with Gasteiger partial charge < -0.3 is 14.7 Å². The third kappa shape index (κ3) is 3.72. The lowest BCUT2D eigenvalue weighted by molar-refractivity contribution is -0.141. The monoisotopic (exact) mass is 292 g/mol. The molecule has 1 aliphatic heterocycles. The van der Waals surface area contributed by atoms with Crippen LogP contribution < -0.4 is 4.90 Å². The SMILES string of the molecule is Cc1ccccc1N(C)C(=O)N1CCOC(CC(=O)O)C1. The van der Waals surface area contributed by atoms with Crippen LogP contribution in [0.1, 0.15) is 12.0 Å². The number of carboxylic acid groups (broad SMARTS) is 1. The van der Waals surface area contributed by atoms with E-state index in [0.29, 0.717) is 19.7 Å². The summed E-state index contributed by atoms with van der Waals surface area (Å²) in [6, 6.07) is 7.52. The quantitative estimate of drug-likeness (QED) is 0.921. The Labute approximate surface area is 123 Å². The van der Waals surface area contributed by atoms with Gasteiger partial charge in [0.1, 0.15) is 0 Å². The molecule has 1 N–H and O–H groups in total. The molecule has 1 aromatic carbocycles. The summed E-state index contributed by atoms with van der Waals surface area (Å²) in [7, 11) is 1.73. The number of aryl methyl sites for hydroxylation is 1. The number of hydrogen-bond acceptors (Lipinski definition) is 3. The van der Waals surface area contributed by atoms with E-state index in [1.165, 1.54) is 0 Å². The van der Waals surface area contributed by atoms with Gasteiger partial charge in [-0.25, -0.2) is 4.79 Å². The number of hydrogen-bond donors (Lipinski definition) is 1. The van der Waals surface area contributed by atoms with Crippen LogP contribution in [0, 0.1) is 6.92 Å². The second kappa shape index (κ2) is 6.58. The van der Waals surface area contributed by atoms with Gasteiger partial charge in [-0.1, -0.05) is 18.2 Å². The number of anilines is 1. The summed E-state index contributed by atoms with van der Waals surface area (Å²) < 4.78 is 5.39. The predicted molar refractivity (Wildman–Crippen MR) is 78.5 cm³/mol. The first-order valence-corrected chi connectivity index (χ1v) is 6.90. The number of rotatable bonds is 3. The van der Waals surface area contributed by atoms with Gasteiger partial charge in [0.15, 0.2) is 0 Å². The molecule has 2 rings (SSSR count). The van der Waals surface area contributed by atoms with Crippen LogP contribution in [0.25, 0.3) is 0 Å². The summed E-state index contributed by atoms with van der Waals surface area (Å²) in [5, 5.41) is 8.82. The van der Waals surface area contributed by atoms with Gasteiger partial charge in [-0.05, 0) is 18.6 Å². The molecule has 6 heteroatoms.